The Morgan fingerprint density at radius 2 is 1.85 bits per heavy atom. The van der Waals surface area contributed by atoms with Gasteiger partial charge in [0.25, 0.3) is 0 Å². The minimum Gasteiger partial charge on any atom is -0.342 e. The van der Waals surface area contributed by atoms with E-state index in [1.807, 2.05) is 67.7 Å². The largest absolute Gasteiger partial charge is 0.342 e. The molecule has 4 nitrogen and oxygen atoms in total. The molecule has 1 aromatic heterocycles. The Bertz CT molecular complexity index is 982. The molecule has 27 heavy (non-hydrogen) atoms. The fourth-order valence-corrected chi connectivity index (χ4v) is 3.08. The maximum Gasteiger partial charge on any atom is 0.191 e. The molecule has 0 bridgehead atoms. The highest BCUT2D eigenvalue weighted by Crippen LogP contribution is 2.22. The number of hydrogen-bond acceptors (Lipinski definition) is 2. The quantitative estimate of drug-likeness (QED) is 0.329. The topological polar surface area (TPSA) is 41.4 Å². The molecule has 0 fully saturated rings. The highest BCUT2D eigenvalue weighted by Gasteiger charge is 2.05. The van der Waals surface area contributed by atoms with Gasteiger partial charge in [-0.25, -0.2) is 0 Å². The lowest BCUT2D eigenvalue weighted by Gasteiger charge is -2.11. The molecule has 0 spiro atoms. The number of benzene rings is 2. The van der Waals surface area contributed by atoms with Crippen LogP contribution in [0.15, 0.2) is 65.9 Å². The minimum absolute atomic E-state index is 0.390. The van der Waals surface area contributed by atoms with Crippen molar-refractivity contribution in [2.24, 2.45) is 5.10 Å². The number of aromatic nitrogens is 1. The van der Waals surface area contributed by atoms with Crippen molar-refractivity contribution >= 4 is 52.4 Å². The van der Waals surface area contributed by atoms with E-state index in [0.29, 0.717) is 16.7 Å². The summed E-state index contributed by atoms with van der Waals surface area (Å²) in [6.07, 6.45) is 3.70. The molecular weight excluding hydrogens is 399 g/mol. The van der Waals surface area contributed by atoms with Crippen molar-refractivity contribution in [3.63, 3.8) is 0 Å². The fourth-order valence-electron chi connectivity index (χ4n) is 2.55. The molecule has 2 aromatic carbocycles. The van der Waals surface area contributed by atoms with Gasteiger partial charge in [0.15, 0.2) is 5.11 Å². The van der Waals surface area contributed by atoms with Gasteiger partial charge in [0.2, 0.25) is 0 Å². The van der Waals surface area contributed by atoms with Crippen molar-refractivity contribution in [3.8, 4) is 0 Å². The van der Waals surface area contributed by atoms with Crippen LogP contribution in [0.5, 0.6) is 0 Å². The van der Waals surface area contributed by atoms with Crippen molar-refractivity contribution in [1.82, 2.24) is 9.99 Å². The average Bonchev–Trinajstić information content (AvgIpc) is 3.08. The van der Waals surface area contributed by atoms with Gasteiger partial charge in [0.1, 0.15) is 0 Å². The van der Waals surface area contributed by atoms with Crippen LogP contribution in [0.25, 0.3) is 0 Å². The monoisotopic (exact) mass is 416 g/mol. The maximum atomic E-state index is 6.25. The summed E-state index contributed by atoms with van der Waals surface area (Å²) in [6, 6.07) is 17.3. The smallest absolute Gasteiger partial charge is 0.191 e. The summed E-state index contributed by atoms with van der Waals surface area (Å²) in [4.78, 5) is 0. The van der Waals surface area contributed by atoms with Gasteiger partial charge in [0, 0.05) is 28.5 Å². The van der Waals surface area contributed by atoms with E-state index in [4.69, 9.17) is 35.4 Å². The van der Waals surface area contributed by atoms with E-state index in [-0.39, 0.29) is 0 Å². The first-order valence-electron chi connectivity index (χ1n) is 8.28. The maximum absolute atomic E-state index is 6.25. The number of thiocarbonyl (C=S) groups is 1. The number of halogens is 2. The predicted octanol–water partition coefficient (Wildman–Crippen LogP) is 5.47. The van der Waals surface area contributed by atoms with Gasteiger partial charge in [-0.05, 0) is 60.6 Å². The summed E-state index contributed by atoms with van der Waals surface area (Å²) in [5, 5.41) is 9.13. The zero-order valence-electron chi connectivity index (χ0n) is 14.6. The Labute approximate surface area is 173 Å². The first kappa shape index (κ1) is 19.4. The van der Waals surface area contributed by atoms with Gasteiger partial charge in [-0.3, -0.25) is 5.43 Å². The van der Waals surface area contributed by atoms with E-state index in [9.17, 15) is 0 Å². The molecule has 0 aliphatic carbocycles. The standard InChI is InChI=1S/C20H18Cl2N4S/c1-14-17(21)9-4-10-19(14)24-20(27)25-23-12-16-7-5-11-26(16)13-15-6-2-3-8-18(15)22/h2-12H,13H2,1H3,(H2,24,25,27). The molecule has 3 aromatic rings. The third kappa shape index (κ3) is 5.10. The van der Waals surface area contributed by atoms with Crippen LogP contribution in [0.2, 0.25) is 10.0 Å². The number of hydrogen-bond donors (Lipinski definition) is 2. The van der Waals surface area contributed by atoms with Crippen molar-refractivity contribution in [2.45, 2.75) is 13.5 Å². The minimum atomic E-state index is 0.390. The molecular formula is C20H18Cl2N4S. The molecule has 7 heteroatoms. The highest BCUT2D eigenvalue weighted by atomic mass is 35.5. The second-order valence-electron chi connectivity index (χ2n) is 5.89. The molecule has 0 atom stereocenters. The molecule has 0 saturated heterocycles. The van der Waals surface area contributed by atoms with Crippen LogP contribution in [0.3, 0.4) is 0 Å². The van der Waals surface area contributed by atoms with Crippen molar-refractivity contribution < 1.29 is 0 Å². The van der Waals surface area contributed by atoms with Crippen LogP contribution < -0.4 is 10.7 Å². The number of hydrazone groups is 1. The van der Waals surface area contributed by atoms with E-state index in [2.05, 4.69) is 20.4 Å². The number of anilines is 1. The second-order valence-corrected chi connectivity index (χ2v) is 7.11. The zero-order chi connectivity index (χ0) is 19.2. The number of nitrogens with zero attached hydrogens (tertiary/aromatic N) is 2. The SMILES string of the molecule is Cc1c(Cl)cccc1NC(=S)NN=Cc1cccn1Cc1ccccc1Cl. The van der Waals surface area contributed by atoms with E-state index in [1.165, 1.54) is 0 Å². The van der Waals surface area contributed by atoms with Gasteiger partial charge in [-0.15, -0.1) is 0 Å². The summed E-state index contributed by atoms with van der Waals surface area (Å²) in [7, 11) is 0. The van der Waals surface area contributed by atoms with Crippen LogP contribution >= 0.6 is 35.4 Å². The van der Waals surface area contributed by atoms with E-state index >= 15 is 0 Å². The van der Waals surface area contributed by atoms with Gasteiger partial charge in [0.05, 0.1) is 11.9 Å². The second kappa shape index (κ2) is 9.04. The van der Waals surface area contributed by atoms with Crippen molar-refractivity contribution in [1.29, 1.82) is 0 Å². The zero-order valence-corrected chi connectivity index (χ0v) is 16.9. The molecule has 3 rings (SSSR count). The molecule has 1 heterocycles. The Kier molecular flexibility index (Phi) is 6.50. The average molecular weight is 417 g/mol. The molecule has 0 amide bonds. The first-order valence-corrected chi connectivity index (χ1v) is 9.45. The van der Waals surface area contributed by atoms with Crippen molar-refractivity contribution in [3.05, 3.63) is 87.7 Å². The molecule has 0 saturated carbocycles. The van der Waals surface area contributed by atoms with Crippen LogP contribution in [-0.4, -0.2) is 15.9 Å². The van der Waals surface area contributed by atoms with Crippen LogP contribution in [0.1, 0.15) is 16.8 Å². The summed E-state index contributed by atoms with van der Waals surface area (Å²) in [5.41, 5.74) is 6.58. The van der Waals surface area contributed by atoms with Gasteiger partial charge in [-0.1, -0.05) is 47.5 Å². The summed E-state index contributed by atoms with van der Waals surface area (Å²) in [6.45, 7) is 2.59. The van der Waals surface area contributed by atoms with Gasteiger partial charge in [-0.2, -0.15) is 5.10 Å². The lowest BCUT2D eigenvalue weighted by molar-refractivity contribution is 0.799. The first-order chi connectivity index (χ1) is 13.0. The third-order valence-electron chi connectivity index (χ3n) is 4.04. The third-order valence-corrected chi connectivity index (χ3v) is 5.01. The lowest BCUT2D eigenvalue weighted by atomic mass is 10.2. The van der Waals surface area contributed by atoms with Gasteiger partial charge >= 0.3 is 0 Å². The molecule has 138 valence electrons. The molecule has 0 aliphatic rings. The molecule has 0 aliphatic heterocycles. The van der Waals surface area contributed by atoms with Crippen LogP contribution in [0, 0.1) is 6.92 Å². The summed E-state index contributed by atoms with van der Waals surface area (Å²) in [5.74, 6) is 0. The normalized spacial score (nSPS) is 10.9. The Hall–Kier alpha value is -2.34. The number of nitrogens with one attached hydrogen (secondary N) is 2. The fraction of sp³-hybridized carbons (Fsp3) is 0.100. The van der Waals surface area contributed by atoms with E-state index < -0.39 is 0 Å². The molecule has 0 radical (unpaired) electrons. The molecule has 2 N–H and O–H groups in total. The Morgan fingerprint density at radius 1 is 1.07 bits per heavy atom. The Balaban J connectivity index is 1.62. The van der Waals surface area contributed by atoms with Crippen LogP contribution in [-0.2, 0) is 6.54 Å². The van der Waals surface area contributed by atoms with E-state index in [1.54, 1.807) is 6.21 Å². The summed E-state index contributed by atoms with van der Waals surface area (Å²) < 4.78 is 2.06. The predicted molar refractivity (Wildman–Crippen MR) is 118 cm³/mol. The van der Waals surface area contributed by atoms with Gasteiger partial charge < -0.3 is 9.88 Å². The van der Waals surface area contributed by atoms with E-state index in [0.717, 1.165) is 27.5 Å². The summed E-state index contributed by atoms with van der Waals surface area (Å²) >= 11 is 17.7. The molecule has 0 unspecified atom stereocenters. The Morgan fingerprint density at radius 3 is 2.67 bits per heavy atom. The highest BCUT2D eigenvalue weighted by molar-refractivity contribution is 7.80. The van der Waals surface area contributed by atoms with Crippen LogP contribution in [0.4, 0.5) is 5.69 Å². The number of rotatable bonds is 5. The van der Waals surface area contributed by atoms with Crippen molar-refractivity contribution in [2.75, 3.05) is 5.32 Å². The lowest BCUT2D eigenvalue weighted by Crippen LogP contribution is -2.24.